The first-order valence-electron chi connectivity index (χ1n) is 6.27. The van der Waals surface area contributed by atoms with Crippen LogP contribution in [-0.2, 0) is 14.8 Å². The monoisotopic (exact) mass is 261 g/mol. The van der Waals surface area contributed by atoms with Crippen molar-refractivity contribution in [1.82, 2.24) is 4.31 Å². The topological polar surface area (TPSA) is 74.7 Å². The van der Waals surface area contributed by atoms with Crippen LogP contribution in [0, 0.1) is 0 Å². The predicted molar refractivity (Wildman–Crippen MR) is 63.2 cm³/mol. The van der Waals surface area contributed by atoms with E-state index in [0.717, 1.165) is 25.7 Å². The highest BCUT2D eigenvalue weighted by molar-refractivity contribution is 7.89. The summed E-state index contributed by atoms with van der Waals surface area (Å²) in [6.07, 6.45) is 5.27. The van der Waals surface area contributed by atoms with Crippen LogP contribution >= 0.6 is 0 Å². The molecular weight excluding hydrogens is 242 g/mol. The van der Waals surface area contributed by atoms with E-state index in [9.17, 15) is 13.2 Å². The van der Waals surface area contributed by atoms with Gasteiger partial charge in [-0.15, -0.1) is 0 Å². The third kappa shape index (κ3) is 2.47. The zero-order chi connectivity index (χ0) is 12.5. The van der Waals surface area contributed by atoms with Crippen LogP contribution in [0.15, 0.2) is 0 Å². The van der Waals surface area contributed by atoms with Crippen molar-refractivity contribution in [2.75, 3.05) is 6.54 Å². The van der Waals surface area contributed by atoms with Gasteiger partial charge in [0.2, 0.25) is 10.0 Å². The molecule has 98 valence electrons. The fourth-order valence-electron chi connectivity index (χ4n) is 2.83. The van der Waals surface area contributed by atoms with Crippen molar-refractivity contribution in [2.45, 2.75) is 56.2 Å². The van der Waals surface area contributed by atoms with Gasteiger partial charge in [0.25, 0.3) is 0 Å². The number of carboxylic acid groups (broad SMARTS) is 1. The average molecular weight is 261 g/mol. The number of rotatable bonds is 3. The number of carboxylic acids is 1. The zero-order valence-electron chi connectivity index (χ0n) is 9.84. The van der Waals surface area contributed by atoms with E-state index in [1.807, 2.05) is 0 Å². The Kier molecular flexibility index (Phi) is 3.73. The summed E-state index contributed by atoms with van der Waals surface area (Å²) in [7, 11) is -3.40. The Labute approximate surface area is 102 Å². The van der Waals surface area contributed by atoms with Gasteiger partial charge in [0.05, 0.1) is 5.25 Å². The highest BCUT2D eigenvalue weighted by Crippen LogP contribution is 2.30. The molecule has 1 aliphatic heterocycles. The molecule has 0 spiro atoms. The van der Waals surface area contributed by atoms with Crippen molar-refractivity contribution in [3.8, 4) is 0 Å². The minimum atomic E-state index is -3.40. The van der Waals surface area contributed by atoms with Crippen molar-refractivity contribution >= 4 is 16.0 Å². The number of carbonyl (C=O) groups is 1. The third-order valence-corrected chi connectivity index (χ3v) is 6.19. The van der Waals surface area contributed by atoms with Crippen molar-refractivity contribution in [1.29, 1.82) is 0 Å². The van der Waals surface area contributed by atoms with Gasteiger partial charge in [-0.25, -0.2) is 8.42 Å². The van der Waals surface area contributed by atoms with Gasteiger partial charge < -0.3 is 5.11 Å². The van der Waals surface area contributed by atoms with Gasteiger partial charge in [0.15, 0.2) is 0 Å². The molecule has 1 atom stereocenters. The van der Waals surface area contributed by atoms with Crippen molar-refractivity contribution in [3.05, 3.63) is 0 Å². The molecule has 0 amide bonds. The van der Waals surface area contributed by atoms with Gasteiger partial charge in [0.1, 0.15) is 6.04 Å². The molecule has 0 aromatic rings. The van der Waals surface area contributed by atoms with Gasteiger partial charge in [-0.2, -0.15) is 4.31 Å². The molecule has 6 heteroatoms. The Morgan fingerprint density at radius 3 is 2.24 bits per heavy atom. The molecule has 0 aromatic heterocycles. The molecule has 1 unspecified atom stereocenters. The summed E-state index contributed by atoms with van der Waals surface area (Å²) in [4.78, 5) is 11.1. The average Bonchev–Trinajstić information content (AvgIpc) is 2.83. The molecule has 0 aromatic carbocycles. The fourth-order valence-corrected chi connectivity index (χ4v) is 5.08. The van der Waals surface area contributed by atoms with Gasteiger partial charge >= 0.3 is 5.97 Å². The maximum absolute atomic E-state index is 12.4. The zero-order valence-corrected chi connectivity index (χ0v) is 10.7. The number of hydrogen-bond donors (Lipinski definition) is 1. The second-order valence-electron chi connectivity index (χ2n) is 4.91. The summed E-state index contributed by atoms with van der Waals surface area (Å²) in [6.45, 7) is 0.371. The minimum absolute atomic E-state index is 0.345. The summed E-state index contributed by atoms with van der Waals surface area (Å²) >= 11 is 0. The van der Waals surface area contributed by atoms with Crippen LogP contribution in [0.2, 0.25) is 0 Å². The lowest BCUT2D eigenvalue weighted by molar-refractivity contribution is -0.142. The second kappa shape index (κ2) is 4.94. The molecular formula is C11H19NO4S. The Hall–Kier alpha value is -0.620. The van der Waals surface area contributed by atoms with E-state index in [0.29, 0.717) is 25.8 Å². The van der Waals surface area contributed by atoms with Crippen LogP contribution < -0.4 is 0 Å². The Morgan fingerprint density at radius 2 is 1.65 bits per heavy atom. The van der Waals surface area contributed by atoms with Crippen LogP contribution in [0.25, 0.3) is 0 Å². The molecule has 0 radical (unpaired) electrons. The van der Waals surface area contributed by atoms with E-state index >= 15 is 0 Å². The van der Waals surface area contributed by atoms with Gasteiger partial charge in [-0.3, -0.25) is 4.79 Å². The first-order chi connectivity index (χ1) is 8.03. The first kappa shape index (κ1) is 12.8. The SMILES string of the molecule is O=C(O)C1CCCCN1S(=O)(=O)C1CCCC1. The standard InChI is InChI=1S/C11H19NO4S/c13-11(14)10-7-3-4-8-12(10)17(15,16)9-5-1-2-6-9/h9-10H,1-8H2,(H,13,14). The maximum Gasteiger partial charge on any atom is 0.322 e. The Morgan fingerprint density at radius 1 is 1.06 bits per heavy atom. The quantitative estimate of drug-likeness (QED) is 0.828. The van der Waals surface area contributed by atoms with Crippen LogP contribution in [0.3, 0.4) is 0 Å². The number of hydrogen-bond acceptors (Lipinski definition) is 3. The van der Waals surface area contributed by atoms with Crippen LogP contribution in [0.4, 0.5) is 0 Å². The summed E-state index contributed by atoms with van der Waals surface area (Å²) in [5.74, 6) is -1.01. The largest absolute Gasteiger partial charge is 0.480 e. The summed E-state index contributed by atoms with van der Waals surface area (Å²) in [6, 6.07) is -0.839. The molecule has 1 aliphatic carbocycles. The van der Waals surface area contributed by atoms with Gasteiger partial charge in [0, 0.05) is 6.54 Å². The maximum atomic E-state index is 12.4. The van der Waals surface area contributed by atoms with E-state index in [4.69, 9.17) is 5.11 Å². The smallest absolute Gasteiger partial charge is 0.322 e. The molecule has 17 heavy (non-hydrogen) atoms. The van der Waals surface area contributed by atoms with E-state index in [1.54, 1.807) is 0 Å². The first-order valence-corrected chi connectivity index (χ1v) is 7.77. The van der Waals surface area contributed by atoms with Crippen LogP contribution in [0.5, 0.6) is 0 Å². The summed E-state index contributed by atoms with van der Waals surface area (Å²) < 4.78 is 26.0. The highest BCUT2D eigenvalue weighted by atomic mass is 32.2. The van der Waals surface area contributed by atoms with Gasteiger partial charge in [-0.05, 0) is 32.1 Å². The summed E-state index contributed by atoms with van der Waals surface area (Å²) in [5.41, 5.74) is 0. The molecule has 2 aliphatic rings. The van der Waals surface area contributed by atoms with Crippen molar-refractivity contribution < 1.29 is 18.3 Å². The van der Waals surface area contributed by atoms with E-state index < -0.39 is 22.0 Å². The number of sulfonamides is 1. The highest BCUT2D eigenvalue weighted by Gasteiger charge is 2.41. The van der Waals surface area contributed by atoms with Crippen molar-refractivity contribution in [3.63, 3.8) is 0 Å². The number of nitrogens with zero attached hydrogens (tertiary/aromatic N) is 1. The van der Waals surface area contributed by atoms with E-state index in [2.05, 4.69) is 0 Å². The number of aliphatic carboxylic acids is 1. The normalized spacial score (nSPS) is 28.4. The van der Waals surface area contributed by atoms with E-state index in [-0.39, 0.29) is 5.25 Å². The van der Waals surface area contributed by atoms with Gasteiger partial charge in [-0.1, -0.05) is 12.8 Å². The third-order valence-electron chi connectivity index (χ3n) is 3.79. The molecule has 1 saturated heterocycles. The van der Waals surface area contributed by atoms with Crippen LogP contribution in [0.1, 0.15) is 44.9 Å². The Bertz CT molecular complexity index is 386. The summed E-state index contributed by atoms with van der Waals surface area (Å²) in [5, 5.41) is 8.76. The fraction of sp³-hybridized carbons (Fsp3) is 0.909. The molecule has 5 nitrogen and oxygen atoms in total. The lowest BCUT2D eigenvalue weighted by Gasteiger charge is -2.33. The molecule has 2 rings (SSSR count). The predicted octanol–water partition coefficient (Wildman–Crippen LogP) is 1.20. The van der Waals surface area contributed by atoms with Crippen molar-refractivity contribution in [2.24, 2.45) is 0 Å². The molecule has 0 bridgehead atoms. The molecule has 1 saturated carbocycles. The minimum Gasteiger partial charge on any atom is -0.480 e. The lowest BCUT2D eigenvalue weighted by Crippen LogP contribution is -2.50. The lowest BCUT2D eigenvalue weighted by atomic mass is 10.1. The number of piperidine rings is 1. The Balaban J connectivity index is 2.20. The molecule has 1 heterocycles. The second-order valence-corrected chi connectivity index (χ2v) is 7.08. The van der Waals surface area contributed by atoms with E-state index in [1.165, 1.54) is 4.31 Å². The van der Waals surface area contributed by atoms with Crippen LogP contribution in [-0.4, -0.2) is 41.6 Å². The molecule has 2 fully saturated rings. The molecule has 1 N–H and O–H groups in total.